The number of unbranched alkanes of at least 4 members (excludes halogenated alkanes) is 1. The van der Waals surface area contributed by atoms with Gasteiger partial charge in [0, 0.05) is 31.5 Å². The van der Waals surface area contributed by atoms with Crippen molar-refractivity contribution in [3.63, 3.8) is 0 Å². The van der Waals surface area contributed by atoms with Crippen LogP contribution in [0.3, 0.4) is 0 Å². The van der Waals surface area contributed by atoms with Crippen molar-refractivity contribution in [3.8, 4) is 0 Å². The number of hydrogen-bond donors (Lipinski definition) is 1. The molecule has 0 radical (unpaired) electrons. The molecule has 2 N–H and O–H groups in total. The summed E-state index contributed by atoms with van der Waals surface area (Å²) in [6, 6.07) is 0.529. The van der Waals surface area contributed by atoms with Gasteiger partial charge in [-0.3, -0.25) is 4.79 Å². The van der Waals surface area contributed by atoms with Crippen molar-refractivity contribution in [3.05, 3.63) is 0 Å². The van der Waals surface area contributed by atoms with Crippen LogP contribution in [0.1, 0.15) is 38.5 Å². The fourth-order valence-corrected chi connectivity index (χ4v) is 2.41. The number of hydrogen-bond acceptors (Lipinski definition) is 3. The molecule has 0 aromatic rings. The predicted octanol–water partition coefficient (Wildman–Crippen LogP) is 1.14. The summed E-state index contributed by atoms with van der Waals surface area (Å²) < 4.78 is 5.38. The number of carbonyl (C=O) groups excluding carboxylic acids is 1. The summed E-state index contributed by atoms with van der Waals surface area (Å²) >= 11 is 0. The lowest BCUT2D eigenvalue weighted by Crippen LogP contribution is -2.37. The molecule has 1 saturated heterocycles. The summed E-state index contributed by atoms with van der Waals surface area (Å²) in [6.45, 7) is 3.29. The molecule has 2 rings (SSSR count). The van der Waals surface area contributed by atoms with E-state index in [0.29, 0.717) is 30.8 Å². The minimum atomic E-state index is 0.327. The van der Waals surface area contributed by atoms with Crippen molar-refractivity contribution in [2.45, 2.75) is 44.6 Å². The Morgan fingerprint density at radius 1 is 1.29 bits per heavy atom. The third-order valence-corrected chi connectivity index (χ3v) is 3.63. The third kappa shape index (κ3) is 3.96. The highest BCUT2D eigenvalue weighted by atomic mass is 16.5. The molecule has 1 aliphatic carbocycles. The quantitative estimate of drug-likeness (QED) is 0.679. The van der Waals surface area contributed by atoms with E-state index in [-0.39, 0.29) is 0 Å². The number of carbonyl (C=O) groups is 1. The van der Waals surface area contributed by atoms with Crippen molar-refractivity contribution in [2.75, 3.05) is 26.3 Å². The van der Waals surface area contributed by atoms with Gasteiger partial charge in [-0.05, 0) is 38.6 Å². The van der Waals surface area contributed by atoms with E-state index in [1.165, 1.54) is 12.8 Å². The van der Waals surface area contributed by atoms with Crippen molar-refractivity contribution >= 4 is 5.91 Å². The molecule has 1 atom stereocenters. The van der Waals surface area contributed by atoms with Crippen LogP contribution in [0.25, 0.3) is 0 Å². The van der Waals surface area contributed by atoms with Crippen molar-refractivity contribution in [1.29, 1.82) is 0 Å². The summed E-state index contributed by atoms with van der Waals surface area (Å²) in [6.07, 6.45) is 6.05. The Morgan fingerprint density at radius 2 is 2.12 bits per heavy atom. The number of nitrogens with two attached hydrogens (primary N) is 1. The van der Waals surface area contributed by atoms with Gasteiger partial charge in [-0.1, -0.05) is 0 Å². The smallest absolute Gasteiger partial charge is 0.222 e. The van der Waals surface area contributed by atoms with Crippen LogP contribution >= 0.6 is 0 Å². The Balaban J connectivity index is 1.76. The second-order valence-corrected chi connectivity index (χ2v) is 5.25. The highest BCUT2D eigenvalue weighted by Gasteiger charge is 2.34. The minimum Gasteiger partial charge on any atom is -0.381 e. The monoisotopic (exact) mass is 240 g/mol. The van der Waals surface area contributed by atoms with Gasteiger partial charge in [-0.25, -0.2) is 0 Å². The highest BCUT2D eigenvalue weighted by Crippen LogP contribution is 2.29. The topological polar surface area (TPSA) is 55.6 Å². The van der Waals surface area contributed by atoms with Crippen LogP contribution in [-0.4, -0.2) is 43.2 Å². The Morgan fingerprint density at radius 3 is 2.71 bits per heavy atom. The van der Waals surface area contributed by atoms with E-state index in [1.807, 2.05) is 0 Å². The van der Waals surface area contributed by atoms with Crippen LogP contribution in [0.5, 0.6) is 0 Å². The summed E-state index contributed by atoms with van der Waals surface area (Å²) in [5, 5.41) is 0. The maximum absolute atomic E-state index is 12.1. The van der Waals surface area contributed by atoms with Gasteiger partial charge in [-0.2, -0.15) is 0 Å². The summed E-state index contributed by atoms with van der Waals surface area (Å²) in [4.78, 5) is 14.2. The van der Waals surface area contributed by atoms with Crippen LogP contribution in [0.2, 0.25) is 0 Å². The average molecular weight is 240 g/mol. The van der Waals surface area contributed by atoms with Gasteiger partial charge >= 0.3 is 0 Å². The molecule has 1 amide bonds. The van der Waals surface area contributed by atoms with Gasteiger partial charge in [-0.15, -0.1) is 0 Å². The van der Waals surface area contributed by atoms with Crippen LogP contribution in [0, 0.1) is 5.92 Å². The molecule has 0 aromatic heterocycles. The molecule has 1 heterocycles. The summed E-state index contributed by atoms with van der Waals surface area (Å²) in [5.41, 5.74) is 5.45. The first kappa shape index (κ1) is 12.8. The molecule has 0 spiro atoms. The molecule has 0 bridgehead atoms. The van der Waals surface area contributed by atoms with Gasteiger partial charge in [0.2, 0.25) is 5.91 Å². The second kappa shape index (κ2) is 6.36. The van der Waals surface area contributed by atoms with E-state index in [1.54, 1.807) is 0 Å². The molecule has 1 saturated carbocycles. The molecule has 1 unspecified atom stereocenters. The third-order valence-electron chi connectivity index (χ3n) is 3.63. The molecule has 17 heavy (non-hydrogen) atoms. The molecular weight excluding hydrogens is 216 g/mol. The van der Waals surface area contributed by atoms with Crippen LogP contribution in [0.4, 0.5) is 0 Å². The summed E-state index contributed by atoms with van der Waals surface area (Å²) in [5.74, 6) is 0.891. The number of amides is 1. The van der Waals surface area contributed by atoms with Crippen molar-refractivity contribution < 1.29 is 9.53 Å². The van der Waals surface area contributed by atoms with E-state index in [2.05, 4.69) is 4.90 Å². The van der Waals surface area contributed by atoms with Crippen LogP contribution < -0.4 is 5.73 Å². The first-order chi connectivity index (χ1) is 8.31. The molecule has 0 aromatic carbocycles. The van der Waals surface area contributed by atoms with Gasteiger partial charge in [0.25, 0.3) is 0 Å². The number of ether oxygens (including phenoxy) is 1. The van der Waals surface area contributed by atoms with Crippen molar-refractivity contribution in [2.24, 2.45) is 11.7 Å². The molecular formula is C13H24N2O2. The molecule has 2 fully saturated rings. The van der Waals surface area contributed by atoms with Crippen molar-refractivity contribution in [1.82, 2.24) is 4.90 Å². The lowest BCUT2D eigenvalue weighted by molar-refractivity contribution is -0.132. The molecule has 4 nitrogen and oxygen atoms in total. The number of rotatable bonds is 7. The first-order valence-electron chi connectivity index (χ1n) is 6.88. The van der Waals surface area contributed by atoms with Crippen LogP contribution in [0.15, 0.2) is 0 Å². The van der Waals surface area contributed by atoms with Gasteiger partial charge < -0.3 is 15.4 Å². The minimum absolute atomic E-state index is 0.327. The van der Waals surface area contributed by atoms with E-state index >= 15 is 0 Å². The predicted molar refractivity (Wildman–Crippen MR) is 66.6 cm³/mol. The Bertz CT molecular complexity index is 248. The van der Waals surface area contributed by atoms with Gasteiger partial charge in [0.1, 0.15) is 0 Å². The lowest BCUT2D eigenvalue weighted by Gasteiger charge is -2.25. The Hall–Kier alpha value is -0.610. The second-order valence-electron chi connectivity index (χ2n) is 5.25. The summed E-state index contributed by atoms with van der Waals surface area (Å²) in [7, 11) is 0. The first-order valence-corrected chi connectivity index (χ1v) is 6.88. The molecule has 98 valence electrons. The van der Waals surface area contributed by atoms with Crippen LogP contribution in [-0.2, 0) is 9.53 Å². The normalized spacial score (nSPS) is 23.9. The Kier molecular flexibility index (Phi) is 4.80. The van der Waals surface area contributed by atoms with E-state index in [9.17, 15) is 4.79 Å². The largest absolute Gasteiger partial charge is 0.381 e. The standard InChI is InChI=1S/C13H24N2O2/c14-7-2-1-3-13(16)15(12-4-5-12)9-11-6-8-17-10-11/h11-12H,1-10,14H2. The van der Waals surface area contributed by atoms with E-state index in [4.69, 9.17) is 10.5 Å². The zero-order valence-electron chi connectivity index (χ0n) is 10.6. The Labute approximate surface area is 103 Å². The lowest BCUT2D eigenvalue weighted by atomic mass is 10.1. The SMILES string of the molecule is NCCCCC(=O)N(CC1CCOC1)C1CC1. The highest BCUT2D eigenvalue weighted by molar-refractivity contribution is 5.76. The van der Waals surface area contributed by atoms with E-state index in [0.717, 1.165) is 39.0 Å². The molecule has 4 heteroatoms. The fourth-order valence-electron chi connectivity index (χ4n) is 2.41. The average Bonchev–Trinajstić information content (AvgIpc) is 3.03. The maximum atomic E-state index is 12.1. The van der Waals surface area contributed by atoms with Gasteiger partial charge in [0.15, 0.2) is 0 Å². The zero-order valence-corrected chi connectivity index (χ0v) is 10.6. The van der Waals surface area contributed by atoms with E-state index < -0.39 is 0 Å². The fraction of sp³-hybridized carbons (Fsp3) is 0.923. The maximum Gasteiger partial charge on any atom is 0.222 e. The number of nitrogens with zero attached hydrogens (tertiary/aromatic N) is 1. The zero-order chi connectivity index (χ0) is 12.1. The molecule has 1 aliphatic heterocycles. The molecule has 2 aliphatic rings. The van der Waals surface area contributed by atoms with Gasteiger partial charge in [0.05, 0.1) is 6.61 Å².